The van der Waals surface area contributed by atoms with E-state index in [0.717, 1.165) is 12.0 Å². The number of rotatable bonds is 4. The van der Waals surface area contributed by atoms with Crippen LogP contribution in [-0.4, -0.2) is 11.9 Å². The van der Waals surface area contributed by atoms with Crippen molar-refractivity contribution in [2.75, 3.05) is 0 Å². The van der Waals surface area contributed by atoms with E-state index >= 15 is 0 Å². The van der Waals surface area contributed by atoms with Crippen LogP contribution in [0.5, 0.6) is 0 Å². The summed E-state index contributed by atoms with van der Waals surface area (Å²) in [7, 11) is 0. The second-order valence-electron chi connectivity index (χ2n) is 3.34. The van der Waals surface area contributed by atoms with Crippen LogP contribution in [0.4, 0.5) is 0 Å². The summed E-state index contributed by atoms with van der Waals surface area (Å²) in [5.74, 6) is 0.137. The van der Waals surface area contributed by atoms with Gasteiger partial charge in [-0.05, 0) is 12.0 Å². The minimum Gasteiger partial charge on any atom is -0.297 e. The van der Waals surface area contributed by atoms with E-state index in [1.54, 1.807) is 0 Å². The van der Waals surface area contributed by atoms with Crippen molar-refractivity contribution < 1.29 is 14.6 Å². The zero-order chi connectivity index (χ0) is 9.80. The zero-order valence-electron chi connectivity index (χ0n) is 7.81. The average molecular weight is 192 g/mol. The summed E-state index contributed by atoms with van der Waals surface area (Å²) >= 11 is 0. The molecule has 0 N–H and O–H groups in total. The van der Waals surface area contributed by atoms with Crippen molar-refractivity contribution in [3.05, 3.63) is 35.9 Å². The SMILES string of the molecule is O=C1CCC1OOCc1ccccc1. The first-order valence-corrected chi connectivity index (χ1v) is 4.71. The first-order chi connectivity index (χ1) is 6.86. The molecule has 0 saturated heterocycles. The van der Waals surface area contributed by atoms with Gasteiger partial charge < -0.3 is 0 Å². The zero-order valence-corrected chi connectivity index (χ0v) is 7.81. The Balaban J connectivity index is 1.70. The van der Waals surface area contributed by atoms with E-state index in [1.165, 1.54) is 0 Å². The third kappa shape index (κ3) is 2.19. The lowest BCUT2D eigenvalue weighted by Crippen LogP contribution is -2.34. The molecule has 0 bridgehead atoms. The number of hydrogen-bond donors (Lipinski definition) is 0. The summed E-state index contributed by atoms with van der Waals surface area (Å²) in [5, 5.41) is 0. The van der Waals surface area contributed by atoms with Gasteiger partial charge in [0, 0.05) is 6.42 Å². The maximum Gasteiger partial charge on any atom is 0.165 e. The van der Waals surface area contributed by atoms with Crippen LogP contribution in [0.1, 0.15) is 18.4 Å². The molecule has 1 fully saturated rings. The minimum absolute atomic E-state index is 0.137. The maximum atomic E-state index is 10.9. The van der Waals surface area contributed by atoms with Crippen molar-refractivity contribution >= 4 is 5.78 Å². The van der Waals surface area contributed by atoms with E-state index in [4.69, 9.17) is 9.78 Å². The Labute approximate surface area is 82.6 Å². The molecule has 1 aromatic rings. The fourth-order valence-electron chi connectivity index (χ4n) is 1.24. The lowest BCUT2D eigenvalue weighted by Gasteiger charge is -2.22. The number of ketones is 1. The van der Waals surface area contributed by atoms with Crippen molar-refractivity contribution in [3.63, 3.8) is 0 Å². The molecule has 3 heteroatoms. The third-order valence-corrected chi connectivity index (χ3v) is 2.26. The quantitative estimate of drug-likeness (QED) is 0.539. The monoisotopic (exact) mass is 192 g/mol. The van der Waals surface area contributed by atoms with E-state index in [0.29, 0.717) is 13.0 Å². The van der Waals surface area contributed by atoms with Gasteiger partial charge in [-0.1, -0.05) is 30.3 Å². The van der Waals surface area contributed by atoms with Crippen LogP contribution >= 0.6 is 0 Å². The van der Waals surface area contributed by atoms with Gasteiger partial charge in [0.2, 0.25) is 0 Å². The molecule has 1 aliphatic carbocycles. The fourth-order valence-corrected chi connectivity index (χ4v) is 1.24. The van der Waals surface area contributed by atoms with E-state index in [-0.39, 0.29) is 11.9 Å². The van der Waals surface area contributed by atoms with Crippen molar-refractivity contribution in [1.29, 1.82) is 0 Å². The average Bonchev–Trinajstić information content (AvgIpc) is 2.24. The summed E-state index contributed by atoms with van der Waals surface area (Å²) in [6.45, 7) is 0.393. The Hall–Kier alpha value is -1.19. The molecule has 0 aliphatic heterocycles. The molecule has 1 atom stereocenters. The first kappa shape index (κ1) is 9.37. The van der Waals surface area contributed by atoms with Gasteiger partial charge in [0.15, 0.2) is 11.9 Å². The number of carbonyl (C=O) groups is 1. The summed E-state index contributed by atoms with van der Waals surface area (Å²) in [6, 6.07) is 9.72. The number of Topliss-reactive ketones (excluding diaryl/α,β-unsaturated/α-hetero) is 1. The van der Waals surface area contributed by atoms with Gasteiger partial charge in [0.25, 0.3) is 0 Å². The predicted octanol–water partition coefficient (Wildman–Crippen LogP) is 1.87. The molecule has 0 spiro atoms. The standard InChI is InChI=1S/C11H12O3/c12-10-6-7-11(10)14-13-8-9-4-2-1-3-5-9/h1-5,11H,6-8H2. The highest BCUT2D eigenvalue weighted by molar-refractivity contribution is 5.88. The maximum absolute atomic E-state index is 10.9. The van der Waals surface area contributed by atoms with E-state index in [2.05, 4.69) is 0 Å². The Morgan fingerprint density at radius 1 is 1.29 bits per heavy atom. The molecule has 1 saturated carbocycles. The van der Waals surface area contributed by atoms with Crippen LogP contribution in [0.25, 0.3) is 0 Å². The molecule has 3 nitrogen and oxygen atoms in total. The molecule has 1 unspecified atom stereocenters. The topological polar surface area (TPSA) is 35.5 Å². The van der Waals surface area contributed by atoms with E-state index in [9.17, 15) is 4.79 Å². The Morgan fingerprint density at radius 2 is 2.07 bits per heavy atom. The first-order valence-electron chi connectivity index (χ1n) is 4.71. The number of carbonyl (C=O) groups excluding carboxylic acids is 1. The summed E-state index contributed by atoms with van der Waals surface area (Å²) < 4.78 is 0. The van der Waals surface area contributed by atoms with Crippen LogP contribution in [0.3, 0.4) is 0 Å². The number of hydrogen-bond acceptors (Lipinski definition) is 3. The molecule has 0 amide bonds. The third-order valence-electron chi connectivity index (χ3n) is 2.26. The Kier molecular flexibility index (Phi) is 2.91. The minimum atomic E-state index is -0.321. The molecule has 0 heterocycles. The van der Waals surface area contributed by atoms with Gasteiger partial charge in [0.05, 0.1) is 0 Å². The molecule has 2 rings (SSSR count). The van der Waals surface area contributed by atoms with Crippen molar-refractivity contribution in [3.8, 4) is 0 Å². The van der Waals surface area contributed by atoms with Gasteiger partial charge in [0.1, 0.15) is 6.61 Å². The van der Waals surface area contributed by atoms with Gasteiger partial charge >= 0.3 is 0 Å². The molecule has 0 aromatic heterocycles. The Morgan fingerprint density at radius 3 is 2.64 bits per heavy atom. The summed E-state index contributed by atoms with van der Waals surface area (Å²) in [4.78, 5) is 20.8. The molecular formula is C11H12O3. The van der Waals surface area contributed by atoms with Gasteiger partial charge in [-0.2, -0.15) is 0 Å². The largest absolute Gasteiger partial charge is 0.297 e. The van der Waals surface area contributed by atoms with Gasteiger partial charge in [-0.25, -0.2) is 9.78 Å². The van der Waals surface area contributed by atoms with Gasteiger partial charge in [-0.15, -0.1) is 0 Å². The second-order valence-corrected chi connectivity index (χ2v) is 3.34. The van der Waals surface area contributed by atoms with Crippen LogP contribution in [0.2, 0.25) is 0 Å². The van der Waals surface area contributed by atoms with E-state index < -0.39 is 0 Å². The van der Waals surface area contributed by atoms with Crippen LogP contribution < -0.4 is 0 Å². The Bertz CT molecular complexity index is 308. The van der Waals surface area contributed by atoms with Crippen LogP contribution in [0, 0.1) is 0 Å². The van der Waals surface area contributed by atoms with Crippen LogP contribution in [0.15, 0.2) is 30.3 Å². The molecule has 1 aromatic carbocycles. The molecule has 0 radical (unpaired) electrons. The summed E-state index contributed by atoms with van der Waals surface area (Å²) in [5.41, 5.74) is 1.04. The normalized spacial score (nSPS) is 20.6. The van der Waals surface area contributed by atoms with Crippen molar-refractivity contribution in [1.82, 2.24) is 0 Å². The lowest BCUT2D eigenvalue weighted by atomic mass is 9.95. The van der Waals surface area contributed by atoms with Crippen molar-refractivity contribution in [2.24, 2.45) is 0 Å². The van der Waals surface area contributed by atoms with Crippen molar-refractivity contribution in [2.45, 2.75) is 25.6 Å². The van der Waals surface area contributed by atoms with E-state index in [1.807, 2.05) is 30.3 Å². The second kappa shape index (κ2) is 4.35. The smallest absolute Gasteiger partial charge is 0.165 e. The summed E-state index contributed by atoms with van der Waals surface area (Å²) in [6.07, 6.45) is 1.09. The highest BCUT2D eigenvalue weighted by Gasteiger charge is 2.29. The molecule has 14 heavy (non-hydrogen) atoms. The molecule has 74 valence electrons. The molecular weight excluding hydrogens is 180 g/mol. The highest BCUT2D eigenvalue weighted by atomic mass is 17.2. The number of benzene rings is 1. The molecule has 1 aliphatic rings. The van der Waals surface area contributed by atoms with Crippen LogP contribution in [-0.2, 0) is 21.2 Å². The lowest BCUT2D eigenvalue weighted by molar-refractivity contribution is -0.331. The van der Waals surface area contributed by atoms with Gasteiger partial charge in [-0.3, -0.25) is 4.79 Å². The predicted molar refractivity (Wildman–Crippen MR) is 50.3 cm³/mol. The fraction of sp³-hybridized carbons (Fsp3) is 0.364. The highest BCUT2D eigenvalue weighted by Crippen LogP contribution is 2.18.